The molecule has 0 aromatic carbocycles. The average molecular weight is 211 g/mol. The Morgan fingerprint density at radius 1 is 1.64 bits per heavy atom. The predicted octanol–water partition coefficient (Wildman–Crippen LogP) is 2.44. The molecule has 0 radical (unpaired) electrons. The van der Waals surface area contributed by atoms with Gasteiger partial charge in [-0.2, -0.15) is 0 Å². The number of nitrogens with zero attached hydrogens (tertiary/aromatic N) is 1. The van der Waals surface area contributed by atoms with Crippen LogP contribution in [0.1, 0.15) is 15.2 Å². The minimum atomic E-state index is -1.01. The van der Waals surface area contributed by atoms with E-state index in [1.54, 1.807) is 6.92 Å². The van der Waals surface area contributed by atoms with Crippen LogP contribution < -0.4 is 0 Å². The van der Waals surface area contributed by atoms with E-state index in [1.807, 2.05) is 0 Å². The third-order valence-corrected chi connectivity index (χ3v) is 3.17. The number of thiophene rings is 1. The lowest BCUT2D eigenvalue weighted by molar-refractivity contribution is 0.0702. The van der Waals surface area contributed by atoms with Gasteiger partial charge in [0.2, 0.25) is 0 Å². The number of halogens is 1. The summed E-state index contributed by atoms with van der Waals surface area (Å²) in [5.41, 5.74) is 0.985. The number of aryl methyl sites for hydroxylation is 1. The minimum absolute atomic E-state index is 0.182. The molecule has 14 heavy (non-hydrogen) atoms. The van der Waals surface area contributed by atoms with Crippen molar-refractivity contribution in [2.24, 2.45) is 0 Å². The molecule has 0 atom stereocenters. The molecule has 0 amide bonds. The molecule has 0 spiro atoms. The van der Waals surface area contributed by atoms with Gasteiger partial charge in [-0.1, -0.05) is 0 Å². The molecule has 0 fully saturated rings. The largest absolute Gasteiger partial charge is 0.477 e. The van der Waals surface area contributed by atoms with Crippen LogP contribution in [-0.2, 0) is 0 Å². The molecule has 2 aromatic rings. The molecule has 72 valence electrons. The molecule has 0 unspecified atom stereocenters. The summed E-state index contributed by atoms with van der Waals surface area (Å²) in [6, 6.07) is 1.45. The number of rotatable bonds is 1. The van der Waals surface area contributed by atoms with Gasteiger partial charge in [0, 0.05) is 5.56 Å². The zero-order valence-corrected chi connectivity index (χ0v) is 8.06. The second-order valence-corrected chi connectivity index (χ2v) is 3.91. The highest BCUT2D eigenvalue weighted by atomic mass is 32.1. The fourth-order valence-electron chi connectivity index (χ4n) is 1.18. The van der Waals surface area contributed by atoms with E-state index in [9.17, 15) is 9.18 Å². The van der Waals surface area contributed by atoms with Crippen LogP contribution in [0.25, 0.3) is 10.2 Å². The molecule has 0 saturated heterocycles. The van der Waals surface area contributed by atoms with Gasteiger partial charge in [0.25, 0.3) is 0 Å². The van der Waals surface area contributed by atoms with Crippen molar-refractivity contribution >= 4 is 27.5 Å². The van der Waals surface area contributed by atoms with Crippen LogP contribution in [-0.4, -0.2) is 16.1 Å². The van der Waals surface area contributed by atoms with Crippen molar-refractivity contribution in [2.75, 3.05) is 0 Å². The third-order valence-electron chi connectivity index (χ3n) is 1.94. The second-order valence-electron chi connectivity index (χ2n) is 2.86. The highest BCUT2D eigenvalue weighted by molar-refractivity contribution is 7.20. The predicted molar refractivity (Wildman–Crippen MR) is 51.3 cm³/mol. The molecule has 0 saturated carbocycles. The van der Waals surface area contributed by atoms with Gasteiger partial charge >= 0.3 is 5.97 Å². The maximum atomic E-state index is 13.1. The molecule has 2 aromatic heterocycles. The van der Waals surface area contributed by atoms with Crippen LogP contribution in [0.15, 0.2) is 12.3 Å². The molecule has 0 aliphatic carbocycles. The quantitative estimate of drug-likeness (QED) is 0.788. The number of fused-ring (bicyclic) bond motifs is 1. The molecule has 0 aliphatic rings. The highest BCUT2D eigenvalue weighted by Crippen LogP contribution is 2.28. The van der Waals surface area contributed by atoms with Crippen molar-refractivity contribution in [3.05, 3.63) is 28.5 Å². The summed E-state index contributed by atoms with van der Waals surface area (Å²) in [5.74, 6) is -1.41. The number of carboxylic acid groups (broad SMARTS) is 1. The lowest BCUT2D eigenvalue weighted by atomic mass is 10.2. The van der Waals surface area contributed by atoms with E-state index in [0.29, 0.717) is 15.8 Å². The maximum Gasteiger partial charge on any atom is 0.345 e. The van der Waals surface area contributed by atoms with Gasteiger partial charge in [-0.25, -0.2) is 9.18 Å². The topological polar surface area (TPSA) is 50.2 Å². The summed E-state index contributed by atoms with van der Waals surface area (Å²) < 4.78 is 13.7. The third kappa shape index (κ3) is 1.26. The zero-order chi connectivity index (χ0) is 10.3. The van der Waals surface area contributed by atoms with Gasteiger partial charge < -0.3 is 5.11 Å². The van der Waals surface area contributed by atoms with Crippen molar-refractivity contribution in [1.29, 1.82) is 0 Å². The van der Waals surface area contributed by atoms with E-state index in [-0.39, 0.29) is 4.88 Å². The van der Waals surface area contributed by atoms with Gasteiger partial charge in [0.15, 0.2) is 0 Å². The van der Waals surface area contributed by atoms with Crippen molar-refractivity contribution in [3.8, 4) is 0 Å². The molecular formula is C9H6FNO2S. The Kier molecular flexibility index (Phi) is 1.96. The van der Waals surface area contributed by atoms with Crippen LogP contribution in [0.2, 0.25) is 0 Å². The smallest absolute Gasteiger partial charge is 0.345 e. The molecule has 2 heterocycles. The number of pyridine rings is 1. The van der Waals surface area contributed by atoms with Crippen molar-refractivity contribution in [3.63, 3.8) is 0 Å². The van der Waals surface area contributed by atoms with E-state index in [0.717, 1.165) is 17.5 Å². The van der Waals surface area contributed by atoms with Crippen LogP contribution in [0.3, 0.4) is 0 Å². The fraction of sp³-hybridized carbons (Fsp3) is 0.111. The SMILES string of the molecule is Cc1c(F)cnc2cc(C(=O)O)sc12. The first kappa shape index (κ1) is 9.08. The van der Waals surface area contributed by atoms with Crippen LogP contribution in [0, 0.1) is 12.7 Å². The second kappa shape index (κ2) is 3.02. The Hall–Kier alpha value is -1.49. The van der Waals surface area contributed by atoms with Gasteiger partial charge in [-0.3, -0.25) is 4.98 Å². The zero-order valence-electron chi connectivity index (χ0n) is 7.24. The van der Waals surface area contributed by atoms with Crippen molar-refractivity contribution < 1.29 is 14.3 Å². The number of carbonyl (C=O) groups is 1. The Morgan fingerprint density at radius 2 is 2.36 bits per heavy atom. The molecule has 5 heteroatoms. The summed E-state index contributed by atoms with van der Waals surface area (Å²) in [4.78, 5) is 14.7. The van der Waals surface area contributed by atoms with Gasteiger partial charge in [0.1, 0.15) is 10.7 Å². The van der Waals surface area contributed by atoms with Crippen LogP contribution >= 0.6 is 11.3 Å². The minimum Gasteiger partial charge on any atom is -0.477 e. The number of hydrogen-bond acceptors (Lipinski definition) is 3. The first-order valence-corrected chi connectivity index (χ1v) is 4.69. The van der Waals surface area contributed by atoms with E-state index in [2.05, 4.69) is 4.98 Å². The Labute approximate surface area is 82.8 Å². The summed E-state index contributed by atoms with van der Waals surface area (Å²) >= 11 is 1.04. The Bertz CT molecular complexity index is 521. The van der Waals surface area contributed by atoms with E-state index in [1.165, 1.54) is 6.07 Å². The van der Waals surface area contributed by atoms with E-state index >= 15 is 0 Å². The molecule has 0 bridgehead atoms. The normalized spacial score (nSPS) is 10.7. The highest BCUT2D eigenvalue weighted by Gasteiger charge is 2.12. The molecule has 2 rings (SSSR count). The molecule has 0 aliphatic heterocycles. The standard InChI is InChI=1S/C9H6FNO2S/c1-4-5(10)3-11-6-2-7(9(12)13)14-8(4)6/h2-3H,1H3,(H,12,13). The van der Waals surface area contributed by atoms with Gasteiger partial charge in [0.05, 0.1) is 16.4 Å². The summed E-state index contributed by atoms with van der Waals surface area (Å²) in [6.07, 6.45) is 1.11. The molecular weight excluding hydrogens is 205 g/mol. The average Bonchev–Trinajstić information content (AvgIpc) is 2.56. The van der Waals surface area contributed by atoms with Crippen LogP contribution in [0.5, 0.6) is 0 Å². The van der Waals surface area contributed by atoms with E-state index < -0.39 is 11.8 Å². The van der Waals surface area contributed by atoms with Gasteiger partial charge in [-0.15, -0.1) is 11.3 Å². The van der Waals surface area contributed by atoms with E-state index in [4.69, 9.17) is 5.11 Å². The summed E-state index contributed by atoms with van der Waals surface area (Å²) in [7, 11) is 0. The number of aromatic nitrogens is 1. The monoisotopic (exact) mass is 211 g/mol. The van der Waals surface area contributed by atoms with Crippen molar-refractivity contribution in [1.82, 2.24) is 4.98 Å². The molecule has 3 nitrogen and oxygen atoms in total. The van der Waals surface area contributed by atoms with Gasteiger partial charge in [-0.05, 0) is 13.0 Å². The Morgan fingerprint density at radius 3 is 3.00 bits per heavy atom. The first-order chi connectivity index (χ1) is 6.59. The maximum absolute atomic E-state index is 13.1. The number of carboxylic acids is 1. The summed E-state index contributed by atoms with van der Waals surface area (Å²) in [5, 5.41) is 8.73. The lowest BCUT2D eigenvalue weighted by Gasteiger charge is -1.94. The van der Waals surface area contributed by atoms with Crippen LogP contribution in [0.4, 0.5) is 4.39 Å². The lowest BCUT2D eigenvalue weighted by Crippen LogP contribution is -1.89. The number of hydrogen-bond donors (Lipinski definition) is 1. The Balaban J connectivity index is 2.77. The summed E-state index contributed by atoms with van der Waals surface area (Å²) in [6.45, 7) is 1.61. The number of aromatic carboxylic acids is 1. The fourth-order valence-corrected chi connectivity index (χ4v) is 2.13. The first-order valence-electron chi connectivity index (χ1n) is 3.87. The van der Waals surface area contributed by atoms with Crippen molar-refractivity contribution in [2.45, 2.75) is 6.92 Å². The molecule has 1 N–H and O–H groups in total.